The molecule has 1 rings (SSSR count). The number of nitrogens with one attached hydrogen (secondary N) is 1. The molecule has 1 aromatic carbocycles. The van der Waals surface area contributed by atoms with E-state index in [-0.39, 0.29) is 12.3 Å². The SMILES string of the molecule is CNC(=O)CC(N)Cc1ccc(C(F)(F)F)cc1. The van der Waals surface area contributed by atoms with E-state index in [0.29, 0.717) is 12.0 Å². The molecule has 0 bridgehead atoms. The summed E-state index contributed by atoms with van der Waals surface area (Å²) in [6, 6.07) is 4.39. The van der Waals surface area contributed by atoms with Gasteiger partial charge < -0.3 is 11.1 Å². The van der Waals surface area contributed by atoms with Crippen LogP contribution in [0.5, 0.6) is 0 Å². The summed E-state index contributed by atoms with van der Waals surface area (Å²) in [5, 5.41) is 2.44. The van der Waals surface area contributed by atoms with Gasteiger partial charge >= 0.3 is 6.18 Å². The van der Waals surface area contributed by atoms with E-state index in [1.54, 1.807) is 0 Å². The van der Waals surface area contributed by atoms with Crippen LogP contribution in [0.2, 0.25) is 0 Å². The van der Waals surface area contributed by atoms with E-state index in [1.807, 2.05) is 0 Å². The second-order valence-electron chi connectivity index (χ2n) is 4.04. The zero-order chi connectivity index (χ0) is 13.8. The monoisotopic (exact) mass is 260 g/mol. The third kappa shape index (κ3) is 4.37. The Hall–Kier alpha value is -1.56. The van der Waals surface area contributed by atoms with Crippen molar-refractivity contribution in [1.82, 2.24) is 5.32 Å². The van der Waals surface area contributed by atoms with E-state index < -0.39 is 17.8 Å². The van der Waals surface area contributed by atoms with E-state index in [0.717, 1.165) is 12.1 Å². The number of hydrogen-bond acceptors (Lipinski definition) is 2. The van der Waals surface area contributed by atoms with Gasteiger partial charge in [-0.15, -0.1) is 0 Å². The molecule has 100 valence electrons. The molecule has 0 saturated carbocycles. The standard InChI is InChI=1S/C12H15F3N2O/c1-17-11(18)7-10(16)6-8-2-4-9(5-3-8)12(13,14)15/h2-5,10H,6-7,16H2,1H3,(H,17,18). The molecule has 1 aromatic rings. The number of nitrogens with two attached hydrogens (primary N) is 1. The molecule has 0 spiro atoms. The number of carbonyl (C=O) groups is 1. The summed E-state index contributed by atoms with van der Waals surface area (Å²) in [5.74, 6) is -0.186. The molecular weight excluding hydrogens is 245 g/mol. The molecule has 18 heavy (non-hydrogen) atoms. The first-order chi connectivity index (χ1) is 8.32. The minimum absolute atomic E-state index is 0.150. The molecule has 1 atom stereocenters. The van der Waals surface area contributed by atoms with Gasteiger partial charge in [0.05, 0.1) is 5.56 Å². The first-order valence-electron chi connectivity index (χ1n) is 5.45. The number of alkyl halides is 3. The normalized spacial score (nSPS) is 13.2. The second kappa shape index (κ2) is 5.86. The Balaban J connectivity index is 2.61. The first kappa shape index (κ1) is 14.5. The lowest BCUT2D eigenvalue weighted by Gasteiger charge is -2.12. The van der Waals surface area contributed by atoms with Gasteiger partial charge in [-0.2, -0.15) is 13.2 Å². The topological polar surface area (TPSA) is 55.1 Å². The molecule has 1 amide bonds. The van der Waals surface area contributed by atoms with E-state index >= 15 is 0 Å². The van der Waals surface area contributed by atoms with Crippen molar-refractivity contribution in [2.24, 2.45) is 5.73 Å². The van der Waals surface area contributed by atoms with Gasteiger partial charge in [-0.05, 0) is 24.1 Å². The Morgan fingerprint density at radius 1 is 1.33 bits per heavy atom. The van der Waals surface area contributed by atoms with Crippen LogP contribution in [0.25, 0.3) is 0 Å². The Morgan fingerprint density at radius 2 is 1.89 bits per heavy atom. The van der Waals surface area contributed by atoms with Gasteiger partial charge in [0.1, 0.15) is 0 Å². The number of rotatable bonds is 4. The summed E-state index contributed by atoms with van der Waals surface area (Å²) in [6.07, 6.45) is -3.81. The molecule has 3 nitrogen and oxygen atoms in total. The third-order valence-corrected chi connectivity index (χ3v) is 2.51. The summed E-state index contributed by atoms with van der Waals surface area (Å²) >= 11 is 0. The molecule has 0 aliphatic carbocycles. The van der Waals surface area contributed by atoms with Crippen LogP contribution in [-0.4, -0.2) is 19.0 Å². The van der Waals surface area contributed by atoms with E-state index in [4.69, 9.17) is 5.73 Å². The highest BCUT2D eigenvalue weighted by Gasteiger charge is 2.29. The molecule has 6 heteroatoms. The van der Waals surface area contributed by atoms with Gasteiger partial charge in [0.2, 0.25) is 5.91 Å². The Bertz CT molecular complexity index is 401. The number of amides is 1. The molecule has 0 heterocycles. The van der Waals surface area contributed by atoms with Crippen molar-refractivity contribution < 1.29 is 18.0 Å². The van der Waals surface area contributed by atoms with Crippen molar-refractivity contribution in [3.8, 4) is 0 Å². The molecule has 1 unspecified atom stereocenters. The average Bonchev–Trinajstić information content (AvgIpc) is 2.28. The van der Waals surface area contributed by atoms with E-state index in [2.05, 4.69) is 5.32 Å². The number of carbonyl (C=O) groups excluding carboxylic acids is 1. The highest BCUT2D eigenvalue weighted by Crippen LogP contribution is 2.29. The summed E-state index contributed by atoms with van der Waals surface area (Å²) in [6.45, 7) is 0. The largest absolute Gasteiger partial charge is 0.416 e. The van der Waals surface area contributed by atoms with Gasteiger partial charge in [-0.25, -0.2) is 0 Å². The maximum atomic E-state index is 12.3. The molecule has 3 N–H and O–H groups in total. The number of hydrogen-bond donors (Lipinski definition) is 2. The number of halogens is 3. The molecule has 0 saturated heterocycles. The quantitative estimate of drug-likeness (QED) is 0.866. The van der Waals surface area contributed by atoms with Crippen LogP contribution < -0.4 is 11.1 Å². The fourth-order valence-corrected chi connectivity index (χ4v) is 1.54. The minimum atomic E-state index is -4.33. The van der Waals surface area contributed by atoms with Gasteiger partial charge in [-0.3, -0.25) is 4.79 Å². The summed E-state index contributed by atoms with van der Waals surface area (Å²) < 4.78 is 37.0. The second-order valence-corrected chi connectivity index (χ2v) is 4.04. The van der Waals surface area contributed by atoms with Gasteiger partial charge in [0.15, 0.2) is 0 Å². The summed E-state index contributed by atoms with van der Waals surface area (Å²) in [5.41, 5.74) is 5.71. The first-order valence-corrected chi connectivity index (χ1v) is 5.45. The predicted octanol–water partition coefficient (Wildman–Crippen LogP) is 1.71. The molecule has 0 aromatic heterocycles. The van der Waals surface area contributed by atoms with Crippen molar-refractivity contribution in [3.05, 3.63) is 35.4 Å². The van der Waals surface area contributed by atoms with E-state index in [1.165, 1.54) is 19.2 Å². The maximum absolute atomic E-state index is 12.3. The van der Waals surface area contributed by atoms with Crippen LogP contribution in [0.4, 0.5) is 13.2 Å². The summed E-state index contributed by atoms with van der Waals surface area (Å²) in [7, 11) is 1.51. The Morgan fingerprint density at radius 3 is 2.33 bits per heavy atom. The highest BCUT2D eigenvalue weighted by atomic mass is 19.4. The lowest BCUT2D eigenvalue weighted by atomic mass is 10.0. The van der Waals surface area contributed by atoms with Crippen molar-refractivity contribution in [3.63, 3.8) is 0 Å². The number of benzene rings is 1. The molecule has 0 aliphatic rings. The van der Waals surface area contributed by atoms with Crippen LogP contribution in [-0.2, 0) is 17.4 Å². The zero-order valence-corrected chi connectivity index (χ0v) is 9.92. The molecular formula is C12H15F3N2O. The Kier molecular flexibility index (Phi) is 4.72. The Labute approximate surface area is 103 Å². The smallest absolute Gasteiger partial charge is 0.359 e. The van der Waals surface area contributed by atoms with Crippen LogP contribution in [0.1, 0.15) is 17.5 Å². The van der Waals surface area contributed by atoms with Crippen LogP contribution in [0, 0.1) is 0 Å². The van der Waals surface area contributed by atoms with Gasteiger partial charge in [0.25, 0.3) is 0 Å². The van der Waals surface area contributed by atoms with Crippen molar-refractivity contribution in [2.45, 2.75) is 25.1 Å². The van der Waals surface area contributed by atoms with Crippen molar-refractivity contribution >= 4 is 5.91 Å². The van der Waals surface area contributed by atoms with Crippen molar-refractivity contribution in [2.75, 3.05) is 7.05 Å². The fourth-order valence-electron chi connectivity index (χ4n) is 1.54. The lowest BCUT2D eigenvalue weighted by Crippen LogP contribution is -2.31. The average molecular weight is 260 g/mol. The zero-order valence-electron chi connectivity index (χ0n) is 9.92. The van der Waals surface area contributed by atoms with Crippen LogP contribution in [0.15, 0.2) is 24.3 Å². The molecule has 0 radical (unpaired) electrons. The van der Waals surface area contributed by atoms with Crippen LogP contribution >= 0.6 is 0 Å². The van der Waals surface area contributed by atoms with Crippen molar-refractivity contribution in [1.29, 1.82) is 0 Å². The van der Waals surface area contributed by atoms with Gasteiger partial charge in [-0.1, -0.05) is 12.1 Å². The molecule has 0 fully saturated rings. The summed E-state index contributed by atoms with van der Waals surface area (Å²) in [4.78, 5) is 11.1. The minimum Gasteiger partial charge on any atom is -0.359 e. The lowest BCUT2D eigenvalue weighted by molar-refractivity contribution is -0.137. The molecule has 0 aliphatic heterocycles. The fraction of sp³-hybridized carbons (Fsp3) is 0.417. The predicted molar refractivity (Wildman–Crippen MR) is 61.8 cm³/mol. The maximum Gasteiger partial charge on any atom is 0.416 e. The highest BCUT2D eigenvalue weighted by molar-refractivity contribution is 5.76. The van der Waals surface area contributed by atoms with E-state index in [9.17, 15) is 18.0 Å². The van der Waals surface area contributed by atoms with Gasteiger partial charge in [0, 0.05) is 19.5 Å². The third-order valence-electron chi connectivity index (χ3n) is 2.51. The van der Waals surface area contributed by atoms with Crippen LogP contribution in [0.3, 0.4) is 0 Å².